The van der Waals surface area contributed by atoms with Crippen molar-refractivity contribution in [1.29, 1.82) is 0 Å². The molecule has 0 aliphatic rings. The molecule has 2 N–H and O–H groups in total. The van der Waals surface area contributed by atoms with Gasteiger partial charge in [0, 0.05) is 12.6 Å². The molecule has 1 aromatic heterocycles. The van der Waals surface area contributed by atoms with Gasteiger partial charge in [-0.2, -0.15) is 0 Å². The lowest BCUT2D eigenvalue weighted by Gasteiger charge is -2.21. The molecule has 0 saturated heterocycles. The molecule has 3 aromatic rings. The van der Waals surface area contributed by atoms with E-state index in [9.17, 15) is 9.59 Å². The summed E-state index contributed by atoms with van der Waals surface area (Å²) < 4.78 is 7.09. The monoisotopic (exact) mass is 467 g/mol. The van der Waals surface area contributed by atoms with Crippen molar-refractivity contribution in [2.45, 2.75) is 32.0 Å². The van der Waals surface area contributed by atoms with Gasteiger partial charge in [-0.3, -0.25) is 9.59 Å². The van der Waals surface area contributed by atoms with Gasteiger partial charge in [0.15, 0.2) is 11.0 Å². The molecule has 8 nitrogen and oxygen atoms in total. The number of amides is 2. The molecular weight excluding hydrogens is 438 g/mol. The normalized spacial score (nSPS) is 11.8. The number of hydrogen-bond acceptors (Lipinski definition) is 6. The summed E-state index contributed by atoms with van der Waals surface area (Å²) in [6.45, 7) is 6.01. The maximum atomic E-state index is 12.8. The van der Waals surface area contributed by atoms with E-state index >= 15 is 0 Å². The van der Waals surface area contributed by atoms with Gasteiger partial charge in [0.1, 0.15) is 5.75 Å². The van der Waals surface area contributed by atoms with E-state index in [1.807, 2.05) is 56.7 Å². The molecule has 2 amide bonds. The fourth-order valence-corrected chi connectivity index (χ4v) is 3.96. The van der Waals surface area contributed by atoms with E-state index in [2.05, 4.69) is 20.8 Å². The molecule has 2 aromatic carbocycles. The minimum Gasteiger partial charge on any atom is -0.495 e. The Bertz CT molecular complexity index is 1110. The lowest BCUT2D eigenvalue weighted by molar-refractivity contribution is -0.113. The number of aromatic nitrogens is 3. The second kappa shape index (κ2) is 11.0. The van der Waals surface area contributed by atoms with E-state index in [4.69, 9.17) is 4.74 Å². The van der Waals surface area contributed by atoms with E-state index in [0.29, 0.717) is 28.0 Å². The quantitative estimate of drug-likeness (QED) is 0.462. The maximum absolute atomic E-state index is 12.8. The molecule has 0 bridgehead atoms. The number of thioether (sulfide) groups is 1. The molecule has 33 heavy (non-hydrogen) atoms. The summed E-state index contributed by atoms with van der Waals surface area (Å²) in [6.07, 6.45) is 0. The fraction of sp³-hybridized carbons (Fsp3) is 0.333. The number of aryl methyl sites for hydroxylation is 1. The van der Waals surface area contributed by atoms with Crippen LogP contribution in [0.15, 0.2) is 53.7 Å². The first kappa shape index (κ1) is 24.3. The van der Waals surface area contributed by atoms with Gasteiger partial charge in [0.25, 0.3) is 5.91 Å². The smallest absolute Gasteiger partial charge is 0.251 e. The van der Waals surface area contributed by atoms with E-state index in [0.717, 1.165) is 5.56 Å². The summed E-state index contributed by atoms with van der Waals surface area (Å²) >= 11 is 1.28. The lowest BCUT2D eigenvalue weighted by Crippen LogP contribution is -2.33. The van der Waals surface area contributed by atoms with Crippen molar-refractivity contribution in [2.75, 3.05) is 18.2 Å². The summed E-state index contributed by atoms with van der Waals surface area (Å²) in [5.41, 5.74) is 2.30. The van der Waals surface area contributed by atoms with Crippen LogP contribution in [0.1, 0.15) is 41.6 Å². The molecule has 0 spiro atoms. The number of carbonyl (C=O) groups excluding carboxylic acids is 2. The minimum absolute atomic E-state index is 0.0917. The van der Waals surface area contributed by atoms with Gasteiger partial charge >= 0.3 is 0 Å². The number of hydrogen-bond donors (Lipinski definition) is 2. The average Bonchev–Trinajstić information content (AvgIpc) is 3.16. The zero-order valence-corrected chi connectivity index (χ0v) is 20.3. The Labute approximate surface area is 198 Å². The summed E-state index contributed by atoms with van der Waals surface area (Å²) in [4.78, 5) is 25.2. The van der Waals surface area contributed by atoms with Gasteiger partial charge in [-0.1, -0.05) is 55.4 Å². The van der Waals surface area contributed by atoms with Crippen LogP contribution in [0.5, 0.6) is 5.75 Å². The number of anilines is 1. The van der Waals surface area contributed by atoms with Crippen molar-refractivity contribution in [3.8, 4) is 5.75 Å². The van der Waals surface area contributed by atoms with Gasteiger partial charge in [-0.25, -0.2) is 0 Å². The molecule has 0 aliphatic heterocycles. The van der Waals surface area contributed by atoms with Crippen LogP contribution in [-0.4, -0.2) is 39.4 Å². The number of benzene rings is 2. The highest BCUT2D eigenvalue weighted by Crippen LogP contribution is 2.26. The van der Waals surface area contributed by atoms with E-state index in [1.165, 1.54) is 11.8 Å². The summed E-state index contributed by atoms with van der Waals surface area (Å²) in [5, 5.41) is 15.1. The van der Waals surface area contributed by atoms with Crippen LogP contribution in [0.3, 0.4) is 0 Å². The minimum atomic E-state index is -0.326. The number of carbonyl (C=O) groups is 2. The molecule has 1 heterocycles. The van der Waals surface area contributed by atoms with E-state index in [1.54, 1.807) is 31.4 Å². The second-order valence-electron chi connectivity index (χ2n) is 8.00. The third kappa shape index (κ3) is 6.13. The van der Waals surface area contributed by atoms with Crippen LogP contribution in [0.4, 0.5) is 5.69 Å². The van der Waals surface area contributed by atoms with Gasteiger partial charge in [-0.05, 0) is 37.1 Å². The third-order valence-corrected chi connectivity index (χ3v) is 6.15. The zero-order valence-electron chi connectivity index (χ0n) is 19.5. The van der Waals surface area contributed by atoms with Crippen LogP contribution in [0.25, 0.3) is 0 Å². The number of ether oxygens (including phenoxy) is 1. The topological polar surface area (TPSA) is 98.1 Å². The Morgan fingerprint density at radius 1 is 1.09 bits per heavy atom. The van der Waals surface area contributed by atoms with Crippen LogP contribution in [-0.2, 0) is 11.8 Å². The number of methoxy groups -OCH3 is 1. The molecule has 0 aliphatic carbocycles. The summed E-state index contributed by atoms with van der Waals surface area (Å²) in [7, 11) is 3.40. The highest BCUT2D eigenvalue weighted by Gasteiger charge is 2.25. The predicted octanol–water partition coefficient (Wildman–Crippen LogP) is 3.99. The first-order valence-electron chi connectivity index (χ1n) is 10.6. The second-order valence-corrected chi connectivity index (χ2v) is 8.94. The Balaban J connectivity index is 1.66. The Kier molecular flexibility index (Phi) is 8.11. The van der Waals surface area contributed by atoms with Crippen molar-refractivity contribution in [3.05, 3.63) is 65.5 Å². The van der Waals surface area contributed by atoms with Gasteiger partial charge < -0.3 is 19.9 Å². The summed E-state index contributed by atoms with van der Waals surface area (Å²) in [5.74, 6) is 1.14. The van der Waals surface area contributed by atoms with Crippen molar-refractivity contribution in [1.82, 2.24) is 20.1 Å². The highest BCUT2D eigenvalue weighted by molar-refractivity contribution is 7.99. The van der Waals surface area contributed by atoms with Crippen molar-refractivity contribution in [2.24, 2.45) is 13.0 Å². The standard InChI is InChI=1S/C24H29N5O3S/c1-15(2)21(26-23(31)17-12-10-16(3)11-13-17)22-27-28-24(29(22)4)33-14-20(30)25-18-8-6-7-9-19(18)32-5/h6-13,15,21H,14H2,1-5H3,(H,25,30)(H,26,31)/t21-/m0/s1. The first-order valence-corrected chi connectivity index (χ1v) is 11.6. The molecule has 3 rings (SSSR count). The van der Waals surface area contributed by atoms with E-state index in [-0.39, 0.29) is 29.5 Å². The highest BCUT2D eigenvalue weighted by atomic mass is 32.2. The first-order chi connectivity index (χ1) is 15.8. The Morgan fingerprint density at radius 2 is 1.79 bits per heavy atom. The maximum Gasteiger partial charge on any atom is 0.251 e. The van der Waals surface area contributed by atoms with Crippen LogP contribution in [0.2, 0.25) is 0 Å². The number of rotatable bonds is 9. The fourth-order valence-electron chi connectivity index (χ4n) is 3.25. The van der Waals surface area contributed by atoms with Gasteiger partial charge in [0.05, 0.1) is 24.6 Å². The molecule has 0 fully saturated rings. The van der Waals surface area contributed by atoms with Crippen LogP contribution in [0, 0.1) is 12.8 Å². The molecule has 9 heteroatoms. The molecule has 0 unspecified atom stereocenters. The third-order valence-electron chi connectivity index (χ3n) is 5.13. The van der Waals surface area contributed by atoms with Gasteiger partial charge in [-0.15, -0.1) is 10.2 Å². The molecule has 1 atom stereocenters. The van der Waals surface area contributed by atoms with Crippen molar-refractivity contribution >= 4 is 29.3 Å². The Morgan fingerprint density at radius 3 is 2.45 bits per heavy atom. The van der Waals surface area contributed by atoms with Crippen LogP contribution < -0.4 is 15.4 Å². The average molecular weight is 468 g/mol. The Hall–Kier alpha value is -3.33. The zero-order chi connectivity index (χ0) is 24.0. The number of nitrogens with one attached hydrogen (secondary N) is 2. The number of para-hydroxylation sites is 2. The van der Waals surface area contributed by atoms with Gasteiger partial charge in [0.2, 0.25) is 5.91 Å². The van der Waals surface area contributed by atoms with Crippen molar-refractivity contribution < 1.29 is 14.3 Å². The SMILES string of the molecule is COc1ccccc1NC(=O)CSc1nnc([C@@H](NC(=O)c2ccc(C)cc2)C(C)C)n1C. The molecule has 0 saturated carbocycles. The van der Waals surface area contributed by atoms with Crippen LogP contribution >= 0.6 is 11.8 Å². The van der Waals surface area contributed by atoms with Crippen molar-refractivity contribution in [3.63, 3.8) is 0 Å². The molecule has 0 radical (unpaired) electrons. The summed E-state index contributed by atoms with van der Waals surface area (Å²) in [6, 6.07) is 14.3. The number of nitrogens with zero attached hydrogens (tertiary/aromatic N) is 3. The molecular formula is C24H29N5O3S. The largest absolute Gasteiger partial charge is 0.495 e. The predicted molar refractivity (Wildman–Crippen MR) is 130 cm³/mol. The lowest BCUT2D eigenvalue weighted by atomic mass is 10.0. The van der Waals surface area contributed by atoms with E-state index < -0.39 is 0 Å². The molecule has 174 valence electrons.